The molecule has 1 aliphatic heterocycles. The van der Waals surface area contributed by atoms with Crippen molar-refractivity contribution < 1.29 is 28.7 Å². The number of nitrogens with zero attached hydrogens (tertiary/aromatic N) is 2. The van der Waals surface area contributed by atoms with Crippen molar-refractivity contribution in [3.05, 3.63) is 69.6 Å². The average Bonchev–Trinajstić information content (AvgIpc) is 3.28. The number of aryl methyl sites for hydroxylation is 3. The number of benzene rings is 2. The first-order valence-electron chi connectivity index (χ1n) is 17.2. The van der Waals surface area contributed by atoms with Crippen molar-refractivity contribution in [3.63, 3.8) is 0 Å². The van der Waals surface area contributed by atoms with Crippen LogP contribution in [0.25, 0.3) is 11.0 Å². The summed E-state index contributed by atoms with van der Waals surface area (Å²) < 4.78 is 14.5. The number of aromatic nitrogens is 2. The van der Waals surface area contributed by atoms with Gasteiger partial charge in [-0.3, -0.25) is 28.8 Å². The van der Waals surface area contributed by atoms with E-state index in [4.69, 9.17) is 15.2 Å². The number of alkyl carbamates (subject to hydrolysis) is 1. The van der Waals surface area contributed by atoms with Crippen molar-refractivity contribution in [1.29, 1.82) is 0 Å². The van der Waals surface area contributed by atoms with Gasteiger partial charge in [0.2, 0.25) is 17.7 Å². The fourth-order valence-electron chi connectivity index (χ4n) is 6.13. The summed E-state index contributed by atoms with van der Waals surface area (Å²) in [4.78, 5) is 60.7. The van der Waals surface area contributed by atoms with E-state index in [0.717, 1.165) is 55.2 Å². The molecule has 4 rings (SSSR count). The van der Waals surface area contributed by atoms with E-state index in [1.54, 1.807) is 32.4 Å². The quantitative estimate of drug-likeness (QED) is 0.146. The highest BCUT2D eigenvalue weighted by Crippen LogP contribution is 2.24. The van der Waals surface area contributed by atoms with Gasteiger partial charge in [0.1, 0.15) is 11.6 Å². The molecule has 0 aliphatic carbocycles. The average molecular weight is 678 g/mol. The van der Waals surface area contributed by atoms with Crippen LogP contribution in [0, 0.1) is 0 Å². The Morgan fingerprint density at radius 2 is 1.59 bits per heavy atom. The van der Waals surface area contributed by atoms with Gasteiger partial charge in [0.25, 0.3) is 0 Å². The largest absolute Gasteiger partial charge is 0.444 e. The van der Waals surface area contributed by atoms with Crippen molar-refractivity contribution in [1.82, 2.24) is 19.8 Å². The third kappa shape index (κ3) is 10.8. The molecule has 12 heteroatoms. The third-order valence-corrected chi connectivity index (χ3v) is 8.86. The maximum atomic E-state index is 13.0. The van der Waals surface area contributed by atoms with Crippen molar-refractivity contribution in [2.24, 2.45) is 12.8 Å². The maximum Gasteiger partial charge on any atom is 0.407 e. The molecule has 0 bridgehead atoms. The zero-order valence-corrected chi connectivity index (χ0v) is 29.4. The lowest BCUT2D eigenvalue weighted by Crippen LogP contribution is -2.45. The van der Waals surface area contributed by atoms with E-state index < -0.39 is 35.6 Å². The number of carbonyl (C=O) groups excluding carboxylic acids is 4. The summed E-state index contributed by atoms with van der Waals surface area (Å²) in [6, 6.07) is 13.2. The lowest BCUT2D eigenvalue weighted by molar-refractivity contribution is -0.135. The standard InChI is InChI=1S/C37H51N5O7/c1-24(28(17-20-32(38)43)39-35(46)49-37(2,3)4)48-23-27-14-12-25(13-15-27)10-8-6-7-9-11-26-16-18-29-31(22-26)41(5)36(47)42(29)30-19-21-33(44)40-34(30)45/h12-16,18,22,24,28,30H,6-11,17,19-21,23H2,1-5H3,(H2,38,43)(H,39,46)(H,40,44,45)/t24-,28+,30?/m1/s1. The topological polar surface area (TPSA) is 164 Å². The van der Waals surface area contributed by atoms with Gasteiger partial charge in [-0.25, -0.2) is 9.59 Å². The van der Waals surface area contributed by atoms with Gasteiger partial charge in [0.05, 0.1) is 29.8 Å². The highest BCUT2D eigenvalue weighted by atomic mass is 16.6. The van der Waals surface area contributed by atoms with Crippen molar-refractivity contribution >= 4 is 34.8 Å². The predicted molar refractivity (Wildman–Crippen MR) is 187 cm³/mol. The molecule has 0 radical (unpaired) electrons. The van der Waals surface area contributed by atoms with Crippen LogP contribution in [0.15, 0.2) is 47.3 Å². The van der Waals surface area contributed by atoms with E-state index in [2.05, 4.69) is 34.9 Å². The number of amides is 4. The van der Waals surface area contributed by atoms with Crippen molar-refractivity contribution in [2.45, 2.75) is 122 Å². The molecule has 0 saturated carbocycles. The van der Waals surface area contributed by atoms with Crippen LogP contribution in [0.2, 0.25) is 0 Å². The number of hydrogen-bond acceptors (Lipinski definition) is 7. The van der Waals surface area contributed by atoms with E-state index >= 15 is 0 Å². The van der Waals surface area contributed by atoms with E-state index in [9.17, 15) is 24.0 Å². The van der Waals surface area contributed by atoms with E-state index in [-0.39, 0.29) is 30.5 Å². The molecule has 1 unspecified atom stereocenters. The van der Waals surface area contributed by atoms with E-state index in [1.807, 2.05) is 25.1 Å². The van der Waals surface area contributed by atoms with Crippen LogP contribution in [0.3, 0.4) is 0 Å². The van der Waals surface area contributed by atoms with Gasteiger partial charge in [-0.05, 0) is 95.0 Å². The number of carbonyl (C=O) groups is 4. The first kappa shape index (κ1) is 37.4. The Morgan fingerprint density at radius 3 is 2.22 bits per heavy atom. The van der Waals surface area contributed by atoms with Crippen LogP contribution in [-0.4, -0.2) is 50.7 Å². The fraction of sp³-hybridized carbons (Fsp3) is 0.541. The second-order valence-electron chi connectivity index (χ2n) is 14.0. The molecule has 266 valence electrons. The summed E-state index contributed by atoms with van der Waals surface area (Å²) in [5, 5.41) is 5.17. The molecule has 1 aromatic heterocycles. The minimum Gasteiger partial charge on any atom is -0.444 e. The number of primary amides is 1. The number of unbranched alkanes of at least 4 members (excludes halogenated alkanes) is 3. The second kappa shape index (κ2) is 16.8. The van der Waals surface area contributed by atoms with Crippen LogP contribution in [0.5, 0.6) is 0 Å². The molecule has 1 fully saturated rings. The number of hydrogen-bond donors (Lipinski definition) is 3. The lowest BCUT2D eigenvalue weighted by atomic mass is 10.0. The van der Waals surface area contributed by atoms with Gasteiger partial charge in [-0.2, -0.15) is 0 Å². The molecule has 0 spiro atoms. The number of piperidine rings is 1. The third-order valence-electron chi connectivity index (χ3n) is 8.86. The first-order valence-corrected chi connectivity index (χ1v) is 17.2. The number of rotatable bonds is 16. The molecule has 2 heterocycles. The predicted octanol–water partition coefficient (Wildman–Crippen LogP) is 4.73. The highest BCUT2D eigenvalue weighted by Gasteiger charge is 2.31. The number of imide groups is 1. The van der Waals surface area contributed by atoms with Crippen molar-refractivity contribution in [3.8, 4) is 0 Å². The van der Waals surface area contributed by atoms with E-state index in [1.165, 1.54) is 10.1 Å². The number of nitrogens with two attached hydrogens (primary N) is 1. The Hall–Kier alpha value is -4.45. The normalized spacial score (nSPS) is 16.3. The summed E-state index contributed by atoms with van der Waals surface area (Å²) in [6.07, 6.45) is 6.28. The molecule has 12 nitrogen and oxygen atoms in total. The molecule has 49 heavy (non-hydrogen) atoms. The first-order chi connectivity index (χ1) is 23.2. The molecule has 4 N–H and O–H groups in total. The van der Waals surface area contributed by atoms with Gasteiger partial charge in [-0.1, -0.05) is 43.2 Å². The zero-order valence-electron chi connectivity index (χ0n) is 29.4. The minimum atomic E-state index is -0.679. The Morgan fingerprint density at radius 1 is 0.959 bits per heavy atom. The van der Waals surface area contributed by atoms with Gasteiger partial charge in [0.15, 0.2) is 0 Å². The molecule has 3 aromatic rings. The number of fused-ring (bicyclic) bond motifs is 1. The molecule has 4 amide bonds. The molecular weight excluding hydrogens is 626 g/mol. The van der Waals surface area contributed by atoms with Crippen molar-refractivity contribution in [2.75, 3.05) is 0 Å². The lowest BCUT2D eigenvalue weighted by Gasteiger charge is -2.27. The minimum absolute atomic E-state index is 0.129. The Labute approximate surface area is 287 Å². The molecule has 1 saturated heterocycles. The Balaban J connectivity index is 1.19. The van der Waals surface area contributed by atoms with Gasteiger partial charge >= 0.3 is 11.8 Å². The molecule has 2 aromatic carbocycles. The SMILES string of the molecule is C[C@@H](OCc1ccc(CCCCCCc2ccc3c(c2)n(C)c(=O)n3C2CCC(=O)NC2=O)cc1)[C@H](CCC(N)=O)NC(=O)OC(C)(C)C. The highest BCUT2D eigenvalue weighted by molar-refractivity contribution is 6.00. The Bertz CT molecular complexity index is 1690. The Kier molecular flexibility index (Phi) is 12.8. The summed E-state index contributed by atoms with van der Waals surface area (Å²) in [5.41, 5.74) is 9.36. The van der Waals surface area contributed by atoms with Gasteiger partial charge in [0, 0.05) is 19.9 Å². The maximum absolute atomic E-state index is 13.0. The van der Waals surface area contributed by atoms with Crippen LogP contribution in [0.1, 0.15) is 102 Å². The summed E-state index contributed by atoms with van der Waals surface area (Å²) in [5.74, 6) is -1.17. The number of nitrogens with one attached hydrogen (secondary N) is 2. The monoisotopic (exact) mass is 677 g/mol. The zero-order chi connectivity index (χ0) is 35.7. The molecule has 3 atom stereocenters. The second-order valence-corrected chi connectivity index (χ2v) is 14.0. The summed E-state index contributed by atoms with van der Waals surface area (Å²) >= 11 is 0. The fourth-order valence-corrected chi connectivity index (χ4v) is 6.13. The summed E-state index contributed by atoms with van der Waals surface area (Å²) in [7, 11) is 1.72. The smallest absolute Gasteiger partial charge is 0.407 e. The van der Waals surface area contributed by atoms with Crippen LogP contribution < -0.4 is 22.1 Å². The number of imidazole rings is 1. The molecule has 1 aliphatic rings. The van der Waals surface area contributed by atoms with E-state index in [0.29, 0.717) is 25.0 Å². The summed E-state index contributed by atoms with van der Waals surface area (Å²) in [6.45, 7) is 7.60. The van der Waals surface area contributed by atoms with Gasteiger partial charge < -0.3 is 20.5 Å². The van der Waals surface area contributed by atoms with Gasteiger partial charge in [-0.15, -0.1) is 0 Å². The van der Waals surface area contributed by atoms with Crippen LogP contribution in [-0.2, 0) is 50.4 Å². The molecular formula is C37H51N5O7. The number of ether oxygens (including phenoxy) is 2. The van der Waals surface area contributed by atoms with Crippen LogP contribution in [0.4, 0.5) is 4.79 Å². The van der Waals surface area contributed by atoms with Crippen LogP contribution >= 0.6 is 0 Å².